The molecule has 0 saturated carbocycles. The Hall–Kier alpha value is -1.43. The number of nitrogens with zero attached hydrogens (tertiary/aromatic N) is 2. The minimum absolute atomic E-state index is 0.181. The Balaban J connectivity index is 3.12. The van der Waals surface area contributed by atoms with Gasteiger partial charge in [-0.25, -0.2) is 9.78 Å². The maximum Gasteiger partial charge on any atom is 0.327 e. The van der Waals surface area contributed by atoms with Crippen LogP contribution in [0.4, 0.5) is 0 Å². The zero-order valence-electron chi connectivity index (χ0n) is 7.21. The Labute approximate surface area is 78.4 Å². The first-order valence-electron chi connectivity index (χ1n) is 3.75. The molecule has 0 spiro atoms. The summed E-state index contributed by atoms with van der Waals surface area (Å²) in [6, 6.07) is 0. The molecule has 68 valence electrons. The van der Waals surface area contributed by atoms with Crippen LogP contribution < -0.4 is 5.69 Å². The van der Waals surface area contributed by atoms with Crippen molar-refractivity contribution in [2.24, 2.45) is 7.05 Å². The Morgan fingerprint density at radius 2 is 2.15 bits per heavy atom. The van der Waals surface area contributed by atoms with Crippen molar-refractivity contribution < 1.29 is 0 Å². The van der Waals surface area contributed by atoms with Crippen molar-refractivity contribution in [1.29, 1.82) is 0 Å². The molecule has 6 heteroatoms. The van der Waals surface area contributed by atoms with Crippen molar-refractivity contribution >= 4 is 23.4 Å². The van der Waals surface area contributed by atoms with E-state index in [9.17, 15) is 4.79 Å². The summed E-state index contributed by atoms with van der Waals surface area (Å²) in [6.07, 6.45) is 0. The number of nitrogens with one attached hydrogen (secondary N) is 2. The zero-order valence-corrected chi connectivity index (χ0v) is 8.03. The number of fused-ring (bicyclic) bond motifs is 1. The van der Waals surface area contributed by atoms with Crippen molar-refractivity contribution in [3.63, 3.8) is 0 Å². The molecular weight excluding hydrogens is 188 g/mol. The second kappa shape index (κ2) is 2.53. The predicted molar refractivity (Wildman–Crippen MR) is 51.3 cm³/mol. The first kappa shape index (κ1) is 8.18. The molecular formula is C7H8N4OS. The van der Waals surface area contributed by atoms with Gasteiger partial charge in [0.25, 0.3) is 0 Å². The molecule has 0 aliphatic carbocycles. The molecule has 0 atom stereocenters. The van der Waals surface area contributed by atoms with Crippen molar-refractivity contribution in [3.05, 3.63) is 20.9 Å². The summed E-state index contributed by atoms with van der Waals surface area (Å²) in [5, 5.41) is 0. The number of H-pyrrole nitrogens is 2. The Morgan fingerprint density at radius 1 is 1.46 bits per heavy atom. The summed E-state index contributed by atoms with van der Waals surface area (Å²) in [6.45, 7) is 1.84. The largest absolute Gasteiger partial charge is 0.333 e. The number of hydrogen-bond donors (Lipinski definition) is 2. The molecule has 0 fully saturated rings. The fourth-order valence-corrected chi connectivity index (χ4v) is 1.49. The summed E-state index contributed by atoms with van der Waals surface area (Å²) < 4.78 is 1.83. The first-order valence-corrected chi connectivity index (χ1v) is 4.16. The highest BCUT2D eigenvalue weighted by molar-refractivity contribution is 7.71. The van der Waals surface area contributed by atoms with Gasteiger partial charge in [0, 0.05) is 12.7 Å². The summed E-state index contributed by atoms with van der Waals surface area (Å²) in [4.78, 5) is 20.8. The number of hydrogen-bond acceptors (Lipinski definition) is 3. The lowest BCUT2D eigenvalue weighted by Gasteiger charge is -1.95. The number of aromatic nitrogens is 4. The topological polar surface area (TPSA) is 66.5 Å². The van der Waals surface area contributed by atoms with E-state index in [0.717, 1.165) is 5.69 Å². The molecule has 0 radical (unpaired) electrons. The molecule has 0 aliphatic rings. The summed E-state index contributed by atoms with van der Waals surface area (Å²) in [5.41, 5.74) is 1.94. The van der Waals surface area contributed by atoms with Gasteiger partial charge in [-0.2, -0.15) is 0 Å². The fourth-order valence-electron chi connectivity index (χ4n) is 1.25. The second-order valence-corrected chi connectivity index (χ2v) is 3.24. The Morgan fingerprint density at radius 3 is 2.85 bits per heavy atom. The molecule has 0 saturated heterocycles. The Kier molecular flexibility index (Phi) is 1.59. The molecule has 0 bridgehead atoms. The molecule has 0 aromatic carbocycles. The van der Waals surface area contributed by atoms with Gasteiger partial charge in [0.1, 0.15) is 5.52 Å². The maximum atomic E-state index is 11.2. The summed E-state index contributed by atoms with van der Waals surface area (Å²) in [7, 11) is 1.66. The van der Waals surface area contributed by atoms with Crippen molar-refractivity contribution in [1.82, 2.24) is 19.5 Å². The van der Waals surface area contributed by atoms with E-state index in [4.69, 9.17) is 12.2 Å². The van der Waals surface area contributed by atoms with Crippen LogP contribution >= 0.6 is 12.2 Å². The van der Waals surface area contributed by atoms with Crippen LogP contribution in [-0.4, -0.2) is 19.5 Å². The van der Waals surface area contributed by atoms with Gasteiger partial charge in [-0.15, -0.1) is 0 Å². The Bertz CT molecular complexity index is 576. The first-order chi connectivity index (χ1) is 6.09. The van der Waals surface area contributed by atoms with Gasteiger partial charge >= 0.3 is 5.69 Å². The molecule has 2 aromatic rings. The number of rotatable bonds is 0. The van der Waals surface area contributed by atoms with E-state index in [2.05, 4.69) is 15.0 Å². The standard InChI is InChI=1S/C7H8N4OS/c1-3-4-5(10-6(13)8-3)11(2)7(12)9-4/h1-2H3,(H,9,12)(H,8,10,13). The summed E-state index contributed by atoms with van der Waals surface area (Å²) >= 11 is 4.90. The van der Waals surface area contributed by atoms with Crippen LogP contribution in [0.15, 0.2) is 4.79 Å². The van der Waals surface area contributed by atoms with Crippen LogP contribution in [0.25, 0.3) is 11.2 Å². The molecule has 0 unspecified atom stereocenters. The second-order valence-electron chi connectivity index (χ2n) is 2.85. The minimum Gasteiger partial charge on any atom is -0.333 e. The van der Waals surface area contributed by atoms with Gasteiger partial charge in [-0.05, 0) is 19.1 Å². The molecule has 2 N–H and O–H groups in total. The highest BCUT2D eigenvalue weighted by atomic mass is 32.1. The highest BCUT2D eigenvalue weighted by Crippen LogP contribution is 2.07. The number of aryl methyl sites for hydroxylation is 2. The molecule has 5 nitrogen and oxygen atoms in total. The average Bonchev–Trinajstić information content (AvgIpc) is 2.32. The van der Waals surface area contributed by atoms with Crippen LogP contribution in [0.3, 0.4) is 0 Å². The van der Waals surface area contributed by atoms with Crippen LogP contribution in [0.1, 0.15) is 5.69 Å². The normalized spacial score (nSPS) is 10.9. The third-order valence-electron chi connectivity index (χ3n) is 1.95. The number of aromatic amines is 2. The van der Waals surface area contributed by atoms with Crippen molar-refractivity contribution in [3.8, 4) is 0 Å². The lowest BCUT2D eigenvalue weighted by atomic mass is 10.4. The van der Waals surface area contributed by atoms with Gasteiger partial charge < -0.3 is 9.97 Å². The smallest absolute Gasteiger partial charge is 0.327 e. The lowest BCUT2D eigenvalue weighted by molar-refractivity contribution is 0.876. The van der Waals surface area contributed by atoms with Gasteiger partial charge in [0.2, 0.25) is 0 Å². The SMILES string of the molecule is Cc1[nH]c(=S)nc2c1[nH]c(=O)n2C. The third-order valence-corrected chi connectivity index (χ3v) is 2.15. The van der Waals surface area contributed by atoms with E-state index in [1.165, 1.54) is 4.57 Å². The quantitative estimate of drug-likeness (QED) is 0.607. The van der Waals surface area contributed by atoms with Crippen molar-refractivity contribution in [2.45, 2.75) is 6.92 Å². The van der Waals surface area contributed by atoms with Gasteiger partial charge in [-0.1, -0.05) is 0 Å². The van der Waals surface area contributed by atoms with Crippen LogP contribution in [0.2, 0.25) is 0 Å². The highest BCUT2D eigenvalue weighted by Gasteiger charge is 2.06. The molecule has 2 heterocycles. The van der Waals surface area contributed by atoms with E-state index >= 15 is 0 Å². The van der Waals surface area contributed by atoms with Gasteiger partial charge in [-0.3, -0.25) is 4.57 Å². The number of imidazole rings is 1. The molecule has 0 amide bonds. The molecule has 2 rings (SSSR count). The van der Waals surface area contributed by atoms with E-state index in [-0.39, 0.29) is 5.69 Å². The third kappa shape index (κ3) is 1.10. The average molecular weight is 196 g/mol. The van der Waals surface area contributed by atoms with Crippen LogP contribution in [0, 0.1) is 11.7 Å². The predicted octanol–water partition coefficient (Wildman–Crippen LogP) is 0.628. The maximum absolute atomic E-state index is 11.2. The fraction of sp³-hybridized carbons (Fsp3) is 0.286. The molecule has 13 heavy (non-hydrogen) atoms. The van der Waals surface area contributed by atoms with E-state index in [1.54, 1.807) is 7.05 Å². The zero-order chi connectivity index (χ0) is 9.59. The van der Waals surface area contributed by atoms with Crippen molar-refractivity contribution in [2.75, 3.05) is 0 Å². The van der Waals surface area contributed by atoms with Gasteiger partial charge in [0.15, 0.2) is 10.4 Å². The van der Waals surface area contributed by atoms with Gasteiger partial charge in [0.05, 0.1) is 0 Å². The minimum atomic E-state index is -0.181. The van der Waals surface area contributed by atoms with Crippen LogP contribution in [0.5, 0.6) is 0 Å². The summed E-state index contributed by atoms with van der Waals surface area (Å²) in [5.74, 6) is 0. The van der Waals surface area contributed by atoms with E-state index < -0.39 is 0 Å². The van der Waals surface area contributed by atoms with E-state index in [0.29, 0.717) is 15.9 Å². The lowest BCUT2D eigenvalue weighted by Crippen LogP contribution is -2.12. The monoisotopic (exact) mass is 196 g/mol. The van der Waals surface area contributed by atoms with Crippen LogP contribution in [-0.2, 0) is 7.05 Å². The molecule has 0 aliphatic heterocycles. The van der Waals surface area contributed by atoms with E-state index in [1.807, 2.05) is 6.92 Å². The molecule has 2 aromatic heterocycles.